The predicted octanol–water partition coefficient (Wildman–Crippen LogP) is 7.06. The fourth-order valence-corrected chi connectivity index (χ4v) is 4.88. The van der Waals surface area contributed by atoms with Gasteiger partial charge in [-0.15, -0.1) is 0 Å². The SMILES string of the molecule is COC(=O)C1=C(C)N(c2ccc(C(C)C)cc2)C(=O)/C1=C\c1cc(C)n(-c2ccc(C)c(Cl)c2)c1C. The highest BCUT2D eigenvalue weighted by Gasteiger charge is 2.38. The number of amides is 1. The summed E-state index contributed by atoms with van der Waals surface area (Å²) >= 11 is 6.39. The van der Waals surface area contributed by atoms with E-state index in [0.29, 0.717) is 27.9 Å². The van der Waals surface area contributed by atoms with Crippen molar-refractivity contribution in [2.45, 2.75) is 47.5 Å². The van der Waals surface area contributed by atoms with Gasteiger partial charge in [0.25, 0.3) is 5.91 Å². The Balaban J connectivity index is 1.82. The van der Waals surface area contributed by atoms with Crippen molar-refractivity contribution in [2.24, 2.45) is 0 Å². The third kappa shape index (κ3) is 4.40. The van der Waals surface area contributed by atoms with Gasteiger partial charge in [0.05, 0.1) is 18.3 Å². The third-order valence-corrected chi connectivity index (χ3v) is 7.20. The zero-order chi connectivity index (χ0) is 26.3. The Labute approximate surface area is 217 Å². The Morgan fingerprint density at radius 2 is 1.61 bits per heavy atom. The van der Waals surface area contributed by atoms with Crippen molar-refractivity contribution in [3.05, 3.63) is 98.5 Å². The number of ether oxygens (including phenoxy) is 1. The number of nitrogens with zero attached hydrogens (tertiary/aromatic N) is 2. The van der Waals surface area contributed by atoms with Gasteiger partial charge in [0, 0.05) is 33.5 Å². The molecule has 1 aromatic heterocycles. The number of hydrogen-bond acceptors (Lipinski definition) is 3. The van der Waals surface area contributed by atoms with Gasteiger partial charge in [0.1, 0.15) is 0 Å². The smallest absolute Gasteiger partial charge is 0.340 e. The highest BCUT2D eigenvalue weighted by molar-refractivity contribution is 6.31. The van der Waals surface area contributed by atoms with Gasteiger partial charge in [-0.25, -0.2) is 4.79 Å². The summed E-state index contributed by atoms with van der Waals surface area (Å²) < 4.78 is 7.16. The summed E-state index contributed by atoms with van der Waals surface area (Å²) in [6.45, 7) is 12.0. The Hall–Kier alpha value is -3.57. The van der Waals surface area contributed by atoms with Gasteiger partial charge in [0.2, 0.25) is 0 Å². The average molecular weight is 503 g/mol. The fraction of sp³-hybridized carbons (Fsp3) is 0.267. The van der Waals surface area contributed by atoms with Crippen LogP contribution < -0.4 is 4.90 Å². The topological polar surface area (TPSA) is 51.5 Å². The second-order valence-electron chi connectivity index (χ2n) is 9.49. The number of halogens is 1. The molecular weight excluding hydrogens is 472 g/mol. The largest absolute Gasteiger partial charge is 0.465 e. The van der Waals surface area contributed by atoms with Gasteiger partial charge >= 0.3 is 5.97 Å². The second-order valence-corrected chi connectivity index (χ2v) is 9.90. The molecule has 0 aliphatic carbocycles. The van der Waals surface area contributed by atoms with E-state index in [4.69, 9.17) is 16.3 Å². The van der Waals surface area contributed by atoms with E-state index in [1.165, 1.54) is 12.7 Å². The van der Waals surface area contributed by atoms with Crippen molar-refractivity contribution in [3.8, 4) is 5.69 Å². The maximum absolute atomic E-state index is 13.7. The van der Waals surface area contributed by atoms with Crippen LogP contribution in [-0.4, -0.2) is 23.6 Å². The number of benzene rings is 2. The number of carbonyl (C=O) groups is 2. The van der Waals surface area contributed by atoms with Crippen molar-refractivity contribution in [2.75, 3.05) is 12.0 Å². The molecule has 0 spiro atoms. The van der Waals surface area contributed by atoms with Crippen LogP contribution in [0.1, 0.15) is 54.8 Å². The summed E-state index contributed by atoms with van der Waals surface area (Å²) in [6, 6.07) is 15.8. The van der Waals surface area contributed by atoms with E-state index < -0.39 is 5.97 Å². The molecule has 0 bridgehead atoms. The number of aromatic nitrogens is 1. The number of anilines is 1. The van der Waals surface area contributed by atoms with E-state index in [1.54, 1.807) is 17.9 Å². The Morgan fingerprint density at radius 1 is 0.972 bits per heavy atom. The predicted molar refractivity (Wildman–Crippen MR) is 146 cm³/mol. The molecule has 36 heavy (non-hydrogen) atoms. The van der Waals surface area contributed by atoms with E-state index in [9.17, 15) is 9.59 Å². The molecule has 0 saturated heterocycles. The lowest BCUT2D eigenvalue weighted by atomic mass is 10.0. The van der Waals surface area contributed by atoms with Crippen molar-refractivity contribution in [1.29, 1.82) is 0 Å². The number of carbonyl (C=O) groups excluding carboxylic acids is 2. The number of rotatable bonds is 5. The molecule has 1 aliphatic heterocycles. The van der Waals surface area contributed by atoms with E-state index in [-0.39, 0.29) is 11.5 Å². The van der Waals surface area contributed by atoms with Crippen LogP contribution in [0.15, 0.2) is 65.4 Å². The molecule has 0 unspecified atom stereocenters. The van der Waals surface area contributed by atoms with Gasteiger partial charge in [0.15, 0.2) is 0 Å². The summed E-state index contributed by atoms with van der Waals surface area (Å²) in [6.07, 6.45) is 1.79. The van der Waals surface area contributed by atoms with Crippen molar-refractivity contribution < 1.29 is 14.3 Å². The summed E-state index contributed by atoms with van der Waals surface area (Å²) in [5, 5.41) is 0.691. The number of hydrogen-bond donors (Lipinski definition) is 0. The highest BCUT2D eigenvalue weighted by atomic mass is 35.5. The van der Waals surface area contributed by atoms with Crippen LogP contribution in [-0.2, 0) is 14.3 Å². The van der Waals surface area contributed by atoms with Crippen molar-refractivity contribution in [3.63, 3.8) is 0 Å². The lowest BCUT2D eigenvalue weighted by Crippen LogP contribution is -2.24. The number of allylic oxidation sites excluding steroid dienone is 1. The Bertz CT molecular complexity index is 1430. The fourth-order valence-electron chi connectivity index (χ4n) is 4.71. The molecule has 0 atom stereocenters. The van der Waals surface area contributed by atoms with E-state index >= 15 is 0 Å². The molecule has 186 valence electrons. The van der Waals surface area contributed by atoms with Crippen molar-refractivity contribution >= 4 is 35.2 Å². The molecule has 2 aromatic carbocycles. The van der Waals surface area contributed by atoms with E-state index in [1.807, 2.05) is 69.3 Å². The quantitative estimate of drug-likeness (QED) is 0.277. The summed E-state index contributed by atoms with van der Waals surface area (Å²) in [5.41, 5.74) is 7.76. The molecule has 5 nitrogen and oxygen atoms in total. The minimum absolute atomic E-state index is 0.256. The summed E-state index contributed by atoms with van der Waals surface area (Å²) in [5.74, 6) is -0.411. The first-order chi connectivity index (χ1) is 17.0. The monoisotopic (exact) mass is 502 g/mol. The van der Waals surface area contributed by atoms with Crippen LogP contribution in [0.4, 0.5) is 5.69 Å². The molecule has 1 amide bonds. The summed E-state index contributed by atoms with van der Waals surface area (Å²) in [4.78, 5) is 28.1. The number of methoxy groups -OCH3 is 1. The molecule has 6 heteroatoms. The molecule has 0 N–H and O–H groups in total. The van der Waals surface area contributed by atoms with Gasteiger partial charge in [-0.05, 0) is 86.7 Å². The van der Waals surface area contributed by atoms with Gasteiger partial charge in [-0.3, -0.25) is 9.69 Å². The first-order valence-electron chi connectivity index (χ1n) is 12.0. The lowest BCUT2D eigenvalue weighted by molar-refractivity contribution is -0.136. The van der Waals surface area contributed by atoms with Crippen LogP contribution >= 0.6 is 11.6 Å². The second kappa shape index (κ2) is 9.82. The number of aryl methyl sites for hydroxylation is 2. The van der Waals surface area contributed by atoms with Gasteiger partial charge in [-0.2, -0.15) is 0 Å². The molecule has 1 aliphatic rings. The van der Waals surface area contributed by atoms with Crippen LogP contribution in [0.3, 0.4) is 0 Å². The standard InChI is InChI=1S/C30H31ClN2O3/c1-17(2)22-9-12-24(13-10-22)33-21(6)28(30(35)36-7)26(29(33)34)15-23-14-19(4)32(20(23)5)25-11-8-18(3)27(31)16-25/h8-17H,1-7H3/b26-15-. The molecule has 2 heterocycles. The zero-order valence-corrected chi connectivity index (χ0v) is 22.5. The molecule has 4 rings (SSSR count). The molecule has 0 fully saturated rings. The molecule has 3 aromatic rings. The highest BCUT2D eigenvalue weighted by Crippen LogP contribution is 2.37. The maximum Gasteiger partial charge on any atom is 0.340 e. The van der Waals surface area contributed by atoms with E-state index in [0.717, 1.165) is 28.2 Å². The van der Waals surface area contributed by atoms with Gasteiger partial charge < -0.3 is 9.30 Å². The Kier molecular flexibility index (Phi) is 6.96. The van der Waals surface area contributed by atoms with Crippen LogP contribution in [0.25, 0.3) is 11.8 Å². The van der Waals surface area contributed by atoms with Gasteiger partial charge in [-0.1, -0.05) is 43.6 Å². The maximum atomic E-state index is 13.7. The minimum atomic E-state index is -0.535. The van der Waals surface area contributed by atoms with Crippen LogP contribution in [0.5, 0.6) is 0 Å². The molecule has 0 saturated carbocycles. The first kappa shape index (κ1) is 25.5. The minimum Gasteiger partial charge on any atom is -0.465 e. The number of esters is 1. The lowest BCUT2D eigenvalue weighted by Gasteiger charge is -2.19. The van der Waals surface area contributed by atoms with Crippen LogP contribution in [0.2, 0.25) is 5.02 Å². The third-order valence-electron chi connectivity index (χ3n) is 6.79. The van der Waals surface area contributed by atoms with E-state index in [2.05, 4.69) is 18.4 Å². The van der Waals surface area contributed by atoms with Crippen molar-refractivity contribution in [1.82, 2.24) is 4.57 Å². The normalized spacial score (nSPS) is 15.0. The average Bonchev–Trinajstić information content (AvgIpc) is 3.26. The Morgan fingerprint density at radius 3 is 2.19 bits per heavy atom. The first-order valence-corrected chi connectivity index (χ1v) is 12.3. The molecule has 0 radical (unpaired) electrons. The zero-order valence-electron chi connectivity index (χ0n) is 21.8. The summed E-state index contributed by atoms with van der Waals surface area (Å²) in [7, 11) is 1.33. The van der Waals surface area contributed by atoms with Crippen LogP contribution in [0, 0.1) is 20.8 Å². The molecular formula is C30H31ClN2O3.